The third kappa shape index (κ3) is 46.9. The molecule has 1 fully saturated rings. The first kappa shape index (κ1) is 76.0. The van der Waals surface area contributed by atoms with Gasteiger partial charge in [-0.25, -0.2) is 4.79 Å². The van der Waals surface area contributed by atoms with E-state index in [0.29, 0.717) is 19.3 Å². The molecule has 0 aliphatic carbocycles. The maximum atomic E-state index is 13.2. The molecule has 1 heterocycles. The van der Waals surface area contributed by atoms with E-state index < -0.39 is 67.3 Å². The van der Waals surface area contributed by atoms with E-state index in [4.69, 9.17) is 23.7 Å². The van der Waals surface area contributed by atoms with Gasteiger partial charge in [0.1, 0.15) is 18.8 Å². The summed E-state index contributed by atoms with van der Waals surface area (Å²) in [6.07, 6.45) is 56.7. The van der Waals surface area contributed by atoms with Gasteiger partial charge in [-0.3, -0.25) is 14.4 Å². The number of unbranched alkanes of at least 4 members (excludes halogenated alkanes) is 39. The molecule has 0 aromatic heterocycles. The summed E-state index contributed by atoms with van der Waals surface area (Å²) in [5.41, 5.74) is 0. The summed E-state index contributed by atoms with van der Waals surface area (Å²) in [5.74, 6) is -3.09. The molecule has 12 heteroatoms. The second-order valence-corrected chi connectivity index (χ2v) is 23.5. The van der Waals surface area contributed by atoms with Gasteiger partial charge >= 0.3 is 23.9 Å². The first-order valence-corrected chi connectivity index (χ1v) is 34.0. The number of hydrogen-bond acceptors (Lipinski definition) is 11. The Bertz CT molecular complexity index is 1550. The molecule has 1 aliphatic heterocycles. The lowest BCUT2D eigenvalue weighted by molar-refractivity contribution is -0.301. The van der Waals surface area contributed by atoms with Crippen molar-refractivity contribution in [2.75, 3.05) is 13.2 Å². The van der Waals surface area contributed by atoms with Gasteiger partial charge in [-0.15, -0.1) is 0 Å². The van der Waals surface area contributed by atoms with E-state index in [-0.39, 0.29) is 25.9 Å². The van der Waals surface area contributed by atoms with Crippen molar-refractivity contribution in [3.8, 4) is 0 Å². The number of esters is 3. The maximum absolute atomic E-state index is 13.2. The molecular formula is C69H124O12. The van der Waals surface area contributed by atoms with Crippen molar-refractivity contribution in [3.63, 3.8) is 0 Å². The monoisotopic (exact) mass is 1140 g/mol. The molecule has 0 amide bonds. The maximum Gasteiger partial charge on any atom is 0.335 e. The molecule has 1 aliphatic rings. The van der Waals surface area contributed by atoms with Crippen LogP contribution in [0.2, 0.25) is 0 Å². The predicted octanol–water partition coefficient (Wildman–Crippen LogP) is 18.4. The predicted molar refractivity (Wildman–Crippen MR) is 331 cm³/mol. The van der Waals surface area contributed by atoms with Gasteiger partial charge in [-0.1, -0.05) is 269 Å². The molecule has 12 nitrogen and oxygen atoms in total. The first-order chi connectivity index (χ1) is 39.6. The molecule has 472 valence electrons. The van der Waals surface area contributed by atoms with E-state index in [1.54, 1.807) is 0 Å². The summed E-state index contributed by atoms with van der Waals surface area (Å²) in [4.78, 5) is 51.4. The van der Waals surface area contributed by atoms with E-state index in [1.165, 1.54) is 173 Å². The minimum Gasteiger partial charge on any atom is -0.479 e. The number of rotatable bonds is 59. The molecule has 6 atom stereocenters. The molecule has 0 radical (unpaired) electrons. The Hall–Kier alpha value is -3.06. The number of carboxylic acids is 1. The van der Waals surface area contributed by atoms with Gasteiger partial charge in [0.05, 0.1) is 6.61 Å². The number of carboxylic acid groups (broad SMARTS) is 1. The van der Waals surface area contributed by atoms with Crippen LogP contribution in [0.5, 0.6) is 0 Å². The van der Waals surface area contributed by atoms with E-state index in [1.807, 2.05) is 0 Å². The van der Waals surface area contributed by atoms with Crippen LogP contribution in [0.1, 0.15) is 329 Å². The largest absolute Gasteiger partial charge is 0.479 e. The van der Waals surface area contributed by atoms with Crippen molar-refractivity contribution in [3.05, 3.63) is 36.5 Å². The Labute approximate surface area is 495 Å². The van der Waals surface area contributed by atoms with Crippen molar-refractivity contribution in [1.82, 2.24) is 0 Å². The Kier molecular flexibility index (Phi) is 53.8. The topological polar surface area (TPSA) is 175 Å². The number of allylic oxidation sites excluding steroid dienone is 6. The van der Waals surface area contributed by atoms with Crippen molar-refractivity contribution in [2.45, 2.75) is 366 Å². The first-order valence-electron chi connectivity index (χ1n) is 34.0. The number of aliphatic hydroxyl groups excluding tert-OH is 2. The van der Waals surface area contributed by atoms with Gasteiger partial charge in [-0.05, 0) is 77.0 Å². The van der Waals surface area contributed by atoms with Gasteiger partial charge in [-0.2, -0.15) is 0 Å². The molecule has 0 saturated carbocycles. The fourth-order valence-electron chi connectivity index (χ4n) is 10.5. The molecule has 6 unspecified atom stereocenters. The lowest BCUT2D eigenvalue weighted by Crippen LogP contribution is -2.61. The molecule has 1 rings (SSSR count). The highest BCUT2D eigenvalue weighted by Gasteiger charge is 2.50. The molecule has 1 saturated heterocycles. The van der Waals surface area contributed by atoms with Crippen LogP contribution in [0.15, 0.2) is 36.5 Å². The summed E-state index contributed by atoms with van der Waals surface area (Å²) < 4.78 is 28.6. The van der Waals surface area contributed by atoms with Crippen LogP contribution in [0.25, 0.3) is 0 Å². The van der Waals surface area contributed by atoms with Crippen molar-refractivity contribution in [1.29, 1.82) is 0 Å². The normalized spacial score (nSPS) is 17.9. The SMILES string of the molecule is CCCCC/C=C\C/C=C\CCCCCCCCCC(=O)OC1C(OCC(COC(=O)CCCCCCCCCCC/C=C\CCCCCCCC)OC(=O)CCCCCCCCCCCCCCCCC)OC(C(=O)O)C(O)C1O. The standard InChI is InChI=1S/C69H124O12/c1-4-7-10-13-16-19-22-25-28-30-31-33-35-37-40-43-46-49-52-55-61(70)77-58-60(79-62(71)56-53-50-47-44-41-38-34-27-24-21-18-15-12-9-6-3)59-78-69-67(65(74)64(73)66(81-69)68(75)76)80-63(72)57-54-51-48-45-42-39-36-32-29-26-23-20-17-14-11-8-5-2/h17,20,25-26,28-29,60,64-67,69,73-74H,4-16,18-19,21-24,27,30-59H2,1-3H3,(H,75,76)/b20-17-,28-25-,29-26-. The minimum absolute atomic E-state index is 0.0550. The number of aliphatic hydroxyl groups is 2. The lowest BCUT2D eigenvalue weighted by atomic mass is 9.98. The van der Waals surface area contributed by atoms with Crippen LogP contribution in [0.4, 0.5) is 0 Å². The molecule has 0 aromatic carbocycles. The summed E-state index contributed by atoms with van der Waals surface area (Å²) in [6.45, 7) is 6.02. The average molecular weight is 1150 g/mol. The quantitative estimate of drug-likeness (QED) is 0.0228. The molecule has 0 bridgehead atoms. The highest BCUT2D eigenvalue weighted by molar-refractivity contribution is 5.74. The second-order valence-electron chi connectivity index (χ2n) is 23.5. The smallest absolute Gasteiger partial charge is 0.335 e. The summed E-state index contributed by atoms with van der Waals surface area (Å²) in [7, 11) is 0. The lowest BCUT2D eigenvalue weighted by Gasteiger charge is -2.40. The molecule has 81 heavy (non-hydrogen) atoms. The van der Waals surface area contributed by atoms with Crippen LogP contribution in [0, 0.1) is 0 Å². The molecule has 3 N–H and O–H groups in total. The van der Waals surface area contributed by atoms with Gasteiger partial charge in [0.25, 0.3) is 0 Å². The number of ether oxygens (including phenoxy) is 5. The number of carbonyl (C=O) groups excluding carboxylic acids is 3. The van der Waals surface area contributed by atoms with E-state index >= 15 is 0 Å². The van der Waals surface area contributed by atoms with Crippen LogP contribution in [-0.4, -0.2) is 89.2 Å². The van der Waals surface area contributed by atoms with Crippen LogP contribution in [-0.2, 0) is 42.9 Å². The third-order valence-corrected chi connectivity index (χ3v) is 15.7. The summed E-state index contributed by atoms with van der Waals surface area (Å²) in [6, 6.07) is 0. The third-order valence-electron chi connectivity index (χ3n) is 15.7. The van der Waals surface area contributed by atoms with Crippen molar-refractivity contribution < 1.29 is 58.2 Å². The van der Waals surface area contributed by atoms with E-state index in [2.05, 4.69) is 57.2 Å². The van der Waals surface area contributed by atoms with Crippen LogP contribution >= 0.6 is 0 Å². The Balaban J connectivity index is 2.63. The number of aliphatic carboxylic acids is 1. The zero-order valence-electron chi connectivity index (χ0n) is 52.3. The average Bonchev–Trinajstić information content (AvgIpc) is 3.53. The number of hydrogen-bond donors (Lipinski definition) is 3. The minimum atomic E-state index is -1.90. The fraction of sp³-hybridized carbons (Fsp3) is 0.855. The highest BCUT2D eigenvalue weighted by Crippen LogP contribution is 2.27. The van der Waals surface area contributed by atoms with Crippen molar-refractivity contribution in [2.24, 2.45) is 0 Å². The fourth-order valence-corrected chi connectivity index (χ4v) is 10.5. The molecule has 0 aromatic rings. The zero-order valence-corrected chi connectivity index (χ0v) is 52.3. The Morgan fingerprint density at radius 2 is 0.741 bits per heavy atom. The van der Waals surface area contributed by atoms with Crippen LogP contribution in [0.3, 0.4) is 0 Å². The van der Waals surface area contributed by atoms with Crippen LogP contribution < -0.4 is 0 Å². The van der Waals surface area contributed by atoms with Gasteiger partial charge < -0.3 is 39.0 Å². The van der Waals surface area contributed by atoms with Gasteiger partial charge in [0.2, 0.25) is 0 Å². The van der Waals surface area contributed by atoms with E-state index in [0.717, 1.165) is 96.3 Å². The molecular weight excluding hydrogens is 1020 g/mol. The van der Waals surface area contributed by atoms with E-state index in [9.17, 15) is 34.5 Å². The van der Waals surface area contributed by atoms with Crippen molar-refractivity contribution >= 4 is 23.9 Å². The highest BCUT2D eigenvalue weighted by atomic mass is 16.7. The summed E-state index contributed by atoms with van der Waals surface area (Å²) >= 11 is 0. The molecule has 0 spiro atoms. The zero-order chi connectivity index (χ0) is 58.9. The Morgan fingerprint density at radius 1 is 0.407 bits per heavy atom. The van der Waals surface area contributed by atoms with Gasteiger partial charge in [0, 0.05) is 19.3 Å². The summed E-state index contributed by atoms with van der Waals surface area (Å²) in [5, 5.41) is 31.6. The second kappa shape index (κ2) is 57.4. The Morgan fingerprint density at radius 3 is 1.15 bits per heavy atom. The van der Waals surface area contributed by atoms with Gasteiger partial charge in [0.15, 0.2) is 24.6 Å². The number of carbonyl (C=O) groups is 4.